The lowest BCUT2D eigenvalue weighted by atomic mass is 9.71. The van der Waals surface area contributed by atoms with Crippen LogP contribution in [0.4, 0.5) is 0 Å². The third-order valence-electron chi connectivity index (χ3n) is 6.01. The van der Waals surface area contributed by atoms with Gasteiger partial charge in [-0.2, -0.15) is 0 Å². The molecule has 0 N–H and O–H groups in total. The zero-order valence-electron chi connectivity index (χ0n) is 8.91. The lowest BCUT2D eigenvalue weighted by molar-refractivity contribution is 0.164. The number of halogens is 4. The van der Waals surface area contributed by atoms with Crippen molar-refractivity contribution in [2.45, 2.75) is 45.0 Å². The minimum atomic E-state index is 0.264. The Balaban J connectivity index is 1.76. The molecule has 4 aliphatic rings. The van der Waals surface area contributed by atoms with E-state index in [0.717, 1.165) is 11.8 Å². The molecular weight excluding hydrogens is 464 g/mol. The van der Waals surface area contributed by atoms with Crippen molar-refractivity contribution in [1.29, 1.82) is 0 Å². The Morgan fingerprint density at radius 1 is 0.750 bits per heavy atom. The van der Waals surface area contributed by atoms with Crippen LogP contribution in [0, 0.1) is 22.7 Å². The molecule has 0 aromatic carbocycles. The molecule has 4 heteroatoms. The monoisotopic (exact) mass is 474 g/mol. The quantitative estimate of drug-likeness (QED) is 0.401. The Hall–Kier alpha value is 1.92. The van der Waals surface area contributed by atoms with Gasteiger partial charge in [0.15, 0.2) is 0 Å². The van der Waals surface area contributed by atoms with Gasteiger partial charge < -0.3 is 0 Å². The summed E-state index contributed by atoms with van der Waals surface area (Å²) in [6.07, 6.45) is 8.48. The van der Waals surface area contributed by atoms with Crippen molar-refractivity contribution >= 4 is 63.7 Å². The van der Waals surface area contributed by atoms with E-state index in [0.29, 0.717) is 10.8 Å². The highest BCUT2D eigenvalue weighted by Crippen LogP contribution is 2.94. The molecular formula is C12H14Br4. The smallest absolute Gasteiger partial charge is 0.0721 e. The van der Waals surface area contributed by atoms with Gasteiger partial charge in [0.05, 0.1) is 6.47 Å². The Morgan fingerprint density at radius 2 is 1.19 bits per heavy atom. The van der Waals surface area contributed by atoms with Crippen molar-refractivity contribution in [2.24, 2.45) is 22.7 Å². The number of fused-ring (bicyclic) bond motifs is 1. The molecule has 0 nitrogen and oxygen atoms in total. The maximum absolute atomic E-state index is 4.03. The van der Waals surface area contributed by atoms with Crippen molar-refractivity contribution in [3.8, 4) is 0 Å². The van der Waals surface area contributed by atoms with Gasteiger partial charge in [0.25, 0.3) is 0 Å². The largest absolute Gasteiger partial charge is 0.0929 e. The van der Waals surface area contributed by atoms with Gasteiger partial charge >= 0.3 is 0 Å². The minimum absolute atomic E-state index is 0.264. The number of alkyl halides is 4. The van der Waals surface area contributed by atoms with Gasteiger partial charge in [0.1, 0.15) is 0 Å². The average Bonchev–Trinajstić information content (AvgIpc) is 2.93. The molecule has 0 bridgehead atoms. The van der Waals surface area contributed by atoms with Gasteiger partial charge in [-0.05, 0) is 37.5 Å². The molecule has 4 saturated carbocycles. The van der Waals surface area contributed by atoms with Gasteiger partial charge in [-0.1, -0.05) is 76.6 Å². The summed E-state index contributed by atoms with van der Waals surface area (Å²) in [4.78, 5) is 0. The lowest BCUT2D eigenvalue weighted by Gasteiger charge is -2.32. The number of hydrogen-bond acceptors (Lipinski definition) is 0. The molecule has 0 amide bonds. The van der Waals surface area contributed by atoms with Gasteiger partial charge in [-0.15, -0.1) is 0 Å². The van der Waals surface area contributed by atoms with Crippen LogP contribution in [-0.4, -0.2) is 6.47 Å². The van der Waals surface area contributed by atoms with Crippen LogP contribution in [0.5, 0.6) is 0 Å². The summed E-state index contributed by atoms with van der Waals surface area (Å²) in [5, 5.41) is 0. The fourth-order valence-electron chi connectivity index (χ4n) is 5.01. The van der Waals surface area contributed by atoms with E-state index in [1.807, 2.05) is 0 Å². The minimum Gasteiger partial charge on any atom is -0.0721 e. The maximum atomic E-state index is 4.03. The third kappa shape index (κ3) is 0.987. The van der Waals surface area contributed by atoms with Crippen LogP contribution in [0.3, 0.4) is 0 Å². The molecule has 0 aromatic rings. The van der Waals surface area contributed by atoms with Crippen LogP contribution >= 0.6 is 63.7 Å². The lowest BCUT2D eigenvalue weighted by Crippen LogP contribution is -2.24. The van der Waals surface area contributed by atoms with Gasteiger partial charge in [0.2, 0.25) is 0 Å². The van der Waals surface area contributed by atoms with Crippen molar-refractivity contribution in [3.05, 3.63) is 0 Å². The summed E-state index contributed by atoms with van der Waals surface area (Å²) < 4.78 is 0.549. The highest BCUT2D eigenvalue weighted by molar-refractivity contribution is 9.26. The van der Waals surface area contributed by atoms with Crippen molar-refractivity contribution in [1.82, 2.24) is 0 Å². The van der Waals surface area contributed by atoms with E-state index < -0.39 is 0 Å². The highest BCUT2D eigenvalue weighted by Gasteiger charge is 2.90. The van der Waals surface area contributed by atoms with E-state index in [1.165, 1.54) is 38.5 Å². The van der Waals surface area contributed by atoms with E-state index in [-0.39, 0.29) is 6.47 Å². The van der Waals surface area contributed by atoms with Crippen LogP contribution in [0.1, 0.15) is 38.5 Å². The fourth-order valence-corrected chi connectivity index (χ4v) is 9.43. The molecule has 4 atom stereocenters. The first-order chi connectivity index (χ1) is 7.39. The van der Waals surface area contributed by atoms with Gasteiger partial charge in [-0.3, -0.25) is 0 Å². The molecule has 0 heterocycles. The van der Waals surface area contributed by atoms with Gasteiger partial charge in [-0.25, -0.2) is 0 Å². The molecule has 0 aromatic heterocycles. The first kappa shape index (κ1) is 11.7. The predicted molar refractivity (Wildman–Crippen MR) is 80.7 cm³/mol. The molecule has 0 aliphatic heterocycles. The third-order valence-corrected chi connectivity index (χ3v) is 11.4. The van der Waals surface area contributed by atoms with E-state index >= 15 is 0 Å². The van der Waals surface area contributed by atoms with Crippen LogP contribution in [0.25, 0.3) is 0 Å². The van der Waals surface area contributed by atoms with E-state index in [1.54, 1.807) is 0 Å². The maximum Gasteiger partial charge on any atom is 0.0929 e. The van der Waals surface area contributed by atoms with E-state index in [4.69, 9.17) is 0 Å². The number of rotatable bonds is 0. The molecule has 4 rings (SSSR count). The highest BCUT2D eigenvalue weighted by atomic mass is 79.9. The Kier molecular flexibility index (Phi) is 2.18. The van der Waals surface area contributed by atoms with E-state index in [2.05, 4.69) is 63.7 Å². The van der Waals surface area contributed by atoms with Crippen molar-refractivity contribution in [3.63, 3.8) is 0 Å². The van der Waals surface area contributed by atoms with Crippen LogP contribution in [0.2, 0.25) is 0 Å². The summed E-state index contributed by atoms with van der Waals surface area (Å²) in [6.45, 7) is 0. The van der Waals surface area contributed by atoms with Crippen LogP contribution in [0.15, 0.2) is 0 Å². The molecule has 0 saturated heterocycles. The van der Waals surface area contributed by atoms with E-state index in [9.17, 15) is 0 Å². The normalized spacial score (nSPS) is 59.2. The van der Waals surface area contributed by atoms with Crippen molar-refractivity contribution in [2.75, 3.05) is 0 Å². The molecule has 0 spiro atoms. The summed E-state index contributed by atoms with van der Waals surface area (Å²) in [6, 6.07) is 0. The molecule has 0 unspecified atom stereocenters. The molecule has 4 fully saturated rings. The Labute approximate surface area is 130 Å². The summed E-state index contributed by atoms with van der Waals surface area (Å²) in [7, 11) is 0. The Bertz CT molecular complexity index is 345. The SMILES string of the molecule is BrC1(Br)[C@@H]2C[C@]34CCCC[C@]3(C[C@H]21)C4(Br)Br. The second-order valence-corrected chi connectivity index (χ2v) is 13.4. The zero-order valence-corrected chi connectivity index (χ0v) is 15.3. The average molecular weight is 478 g/mol. The fraction of sp³-hybridized carbons (Fsp3) is 1.00. The van der Waals surface area contributed by atoms with Crippen LogP contribution in [-0.2, 0) is 0 Å². The zero-order chi connectivity index (χ0) is 11.4. The second kappa shape index (κ2) is 2.98. The summed E-state index contributed by atoms with van der Waals surface area (Å²) >= 11 is 15.8. The van der Waals surface area contributed by atoms with Crippen molar-refractivity contribution < 1.29 is 0 Å². The standard InChI is InChI=1S/C12H14Br4/c13-11(14)7-5-9-3-1-2-4-10(9,6-8(7)11)12(9,15)16/h7-8H,1-6H2/t7-,8-,9-,10-/m1/s1. The topological polar surface area (TPSA) is 0 Å². The summed E-state index contributed by atoms with van der Waals surface area (Å²) in [5.41, 5.74) is 1.12. The van der Waals surface area contributed by atoms with Crippen LogP contribution < -0.4 is 0 Å². The first-order valence-electron chi connectivity index (χ1n) is 6.15. The van der Waals surface area contributed by atoms with Gasteiger partial charge in [0, 0.05) is 10.8 Å². The molecule has 4 aliphatic carbocycles. The number of hydrogen-bond donors (Lipinski definition) is 0. The predicted octanol–water partition coefficient (Wildman–Crippen LogP) is 5.56. The molecule has 16 heavy (non-hydrogen) atoms. The Morgan fingerprint density at radius 3 is 1.62 bits per heavy atom. The summed E-state index contributed by atoms with van der Waals surface area (Å²) in [5.74, 6) is 1.71. The second-order valence-electron chi connectivity index (χ2n) is 6.24. The molecule has 90 valence electrons. The first-order valence-corrected chi connectivity index (χ1v) is 9.32. The molecule has 0 radical (unpaired) electrons.